The first-order valence-electron chi connectivity index (χ1n) is 3.37. The predicted octanol–water partition coefficient (Wildman–Crippen LogP) is -0.939. The first-order valence-corrected chi connectivity index (χ1v) is 4.40. The van der Waals surface area contributed by atoms with Crippen LogP contribution >= 0.6 is 0 Å². The summed E-state index contributed by atoms with van der Waals surface area (Å²) in [7, 11) is -4.14. The van der Waals surface area contributed by atoms with E-state index in [4.69, 9.17) is 10.0 Å². The van der Waals surface area contributed by atoms with E-state index in [9.17, 15) is 8.42 Å². The second-order valence-corrected chi connectivity index (χ2v) is 2.89. The van der Waals surface area contributed by atoms with Crippen LogP contribution in [0.2, 0.25) is 0 Å². The van der Waals surface area contributed by atoms with Crippen LogP contribution in [0.1, 0.15) is 0 Å². The molecule has 0 aliphatic rings. The lowest BCUT2D eigenvalue weighted by Gasteiger charge is -1.97. The zero-order valence-electron chi connectivity index (χ0n) is 6.45. The number of benzene rings is 1. The Balaban J connectivity index is 3.13. The molecule has 0 spiro atoms. The van der Waals surface area contributed by atoms with Crippen LogP contribution in [0, 0.1) is 0 Å². The van der Waals surface area contributed by atoms with E-state index < -0.39 is 17.6 Å². The van der Waals surface area contributed by atoms with Crippen LogP contribution in [0.3, 0.4) is 0 Å². The molecule has 0 amide bonds. The summed E-state index contributed by atoms with van der Waals surface area (Å²) in [5.74, 6) is 0. The molecular weight excluding hydrogens is 193 g/mol. The van der Waals surface area contributed by atoms with E-state index in [1.165, 1.54) is 24.3 Å². The van der Waals surface area contributed by atoms with Gasteiger partial charge >= 0.3 is 17.6 Å². The average Bonchev–Trinajstić information content (AvgIpc) is 2.03. The van der Waals surface area contributed by atoms with E-state index in [2.05, 4.69) is 4.36 Å². The SMILES string of the molecule is O=S(=O)=Nc1cccc(B(O)O)c1. The van der Waals surface area contributed by atoms with Crippen LogP contribution < -0.4 is 5.46 Å². The van der Waals surface area contributed by atoms with Crippen molar-refractivity contribution in [2.45, 2.75) is 0 Å². The van der Waals surface area contributed by atoms with Crippen LogP contribution in [-0.4, -0.2) is 25.6 Å². The minimum atomic E-state index is -2.53. The highest BCUT2D eigenvalue weighted by Crippen LogP contribution is 2.07. The van der Waals surface area contributed by atoms with Gasteiger partial charge in [0.1, 0.15) is 0 Å². The van der Waals surface area contributed by atoms with Crippen molar-refractivity contribution in [1.82, 2.24) is 0 Å². The molecule has 1 aromatic rings. The normalized spacial score (nSPS) is 9.38. The van der Waals surface area contributed by atoms with Gasteiger partial charge in [0.25, 0.3) is 0 Å². The lowest BCUT2D eigenvalue weighted by Crippen LogP contribution is -2.29. The maximum atomic E-state index is 10.2. The molecule has 7 heteroatoms. The molecule has 1 rings (SSSR count). The van der Waals surface area contributed by atoms with Crippen LogP contribution in [0.25, 0.3) is 0 Å². The molecule has 0 radical (unpaired) electrons. The molecule has 5 nitrogen and oxygen atoms in total. The van der Waals surface area contributed by atoms with Gasteiger partial charge in [-0.2, -0.15) is 8.42 Å². The van der Waals surface area contributed by atoms with Crippen molar-refractivity contribution in [1.29, 1.82) is 0 Å². The Bertz CT molecular complexity index is 420. The standard InChI is InChI=1S/C6H6BNO4S/c9-7(10)5-2-1-3-6(4-5)8-13(11)12/h1-4,9-10H. The third kappa shape index (κ3) is 2.98. The van der Waals surface area contributed by atoms with Gasteiger partial charge in [-0.1, -0.05) is 12.1 Å². The Kier molecular flexibility index (Phi) is 3.18. The molecule has 68 valence electrons. The summed E-state index contributed by atoms with van der Waals surface area (Å²) in [5, 5.41) is 17.5. The number of rotatable bonds is 2. The molecule has 0 bridgehead atoms. The van der Waals surface area contributed by atoms with Gasteiger partial charge in [-0.25, -0.2) is 0 Å². The van der Waals surface area contributed by atoms with Crippen molar-refractivity contribution in [2.24, 2.45) is 4.36 Å². The van der Waals surface area contributed by atoms with Crippen LogP contribution in [0.15, 0.2) is 28.6 Å². The Morgan fingerprint density at radius 2 is 2.00 bits per heavy atom. The molecular formula is C6H6BNO4S. The molecule has 0 unspecified atom stereocenters. The largest absolute Gasteiger partial charge is 0.488 e. The van der Waals surface area contributed by atoms with Crippen molar-refractivity contribution >= 4 is 28.8 Å². The third-order valence-corrected chi connectivity index (χ3v) is 1.71. The van der Waals surface area contributed by atoms with E-state index in [1.807, 2.05) is 0 Å². The first kappa shape index (κ1) is 9.91. The summed E-state index contributed by atoms with van der Waals surface area (Å²) < 4.78 is 23.5. The van der Waals surface area contributed by atoms with E-state index in [1.54, 1.807) is 0 Å². The summed E-state index contributed by atoms with van der Waals surface area (Å²) in [6, 6.07) is 5.67. The fourth-order valence-electron chi connectivity index (χ4n) is 0.828. The Morgan fingerprint density at radius 1 is 1.31 bits per heavy atom. The van der Waals surface area contributed by atoms with Gasteiger partial charge in [-0.15, -0.1) is 4.36 Å². The highest BCUT2D eigenvalue weighted by atomic mass is 32.2. The minimum Gasteiger partial charge on any atom is -0.423 e. The first-order chi connectivity index (χ1) is 6.09. The summed E-state index contributed by atoms with van der Waals surface area (Å²) in [6.07, 6.45) is 0. The highest BCUT2D eigenvalue weighted by Gasteiger charge is 2.10. The van der Waals surface area contributed by atoms with E-state index in [0.717, 1.165) is 0 Å². The summed E-state index contributed by atoms with van der Waals surface area (Å²) >= 11 is 0. The molecule has 0 aromatic heterocycles. The maximum absolute atomic E-state index is 10.2. The fourth-order valence-corrected chi connectivity index (χ4v) is 1.11. The molecule has 0 heterocycles. The molecule has 0 aliphatic carbocycles. The fraction of sp³-hybridized carbons (Fsp3) is 0. The quantitative estimate of drug-likeness (QED) is 0.601. The van der Waals surface area contributed by atoms with Gasteiger partial charge < -0.3 is 10.0 Å². The second-order valence-electron chi connectivity index (χ2n) is 2.28. The van der Waals surface area contributed by atoms with Crippen LogP contribution in [0.4, 0.5) is 5.69 Å². The highest BCUT2D eigenvalue weighted by molar-refractivity contribution is 7.61. The number of hydrogen-bond acceptors (Lipinski definition) is 5. The minimum absolute atomic E-state index is 0.166. The molecule has 13 heavy (non-hydrogen) atoms. The Hall–Kier alpha value is -1.18. The van der Waals surface area contributed by atoms with E-state index in [-0.39, 0.29) is 11.2 Å². The van der Waals surface area contributed by atoms with Crippen molar-refractivity contribution < 1.29 is 18.5 Å². The van der Waals surface area contributed by atoms with E-state index in [0.29, 0.717) is 0 Å². The molecule has 0 fully saturated rings. The van der Waals surface area contributed by atoms with Crippen LogP contribution in [-0.2, 0) is 10.5 Å². The lowest BCUT2D eigenvalue weighted by molar-refractivity contribution is 0.426. The monoisotopic (exact) mass is 199 g/mol. The Labute approximate surface area is 76.5 Å². The molecule has 1 aromatic carbocycles. The van der Waals surface area contributed by atoms with Crippen LogP contribution in [0.5, 0.6) is 0 Å². The average molecular weight is 199 g/mol. The molecule has 0 saturated carbocycles. The molecule has 0 saturated heterocycles. The zero-order chi connectivity index (χ0) is 9.84. The summed E-state index contributed by atoms with van der Waals surface area (Å²) in [6.45, 7) is 0. The van der Waals surface area contributed by atoms with Crippen molar-refractivity contribution in [3.05, 3.63) is 24.3 Å². The number of hydrogen-bond donors (Lipinski definition) is 2. The summed E-state index contributed by atoms with van der Waals surface area (Å²) in [5.41, 5.74) is 0.366. The summed E-state index contributed by atoms with van der Waals surface area (Å²) in [4.78, 5) is 0. The second kappa shape index (κ2) is 4.17. The molecule has 0 atom stereocenters. The van der Waals surface area contributed by atoms with Gasteiger partial charge in [0.2, 0.25) is 0 Å². The number of nitrogens with zero attached hydrogens (tertiary/aromatic N) is 1. The van der Waals surface area contributed by atoms with Crippen molar-refractivity contribution in [3.63, 3.8) is 0 Å². The molecule has 0 aliphatic heterocycles. The van der Waals surface area contributed by atoms with Gasteiger partial charge in [0.05, 0.1) is 5.69 Å². The van der Waals surface area contributed by atoms with Gasteiger partial charge in [-0.05, 0) is 17.6 Å². The maximum Gasteiger partial charge on any atom is 0.488 e. The Morgan fingerprint density at radius 3 is 2.54 bits per heavy atom. The zero-order valence-corrected chi connectivity index (χ0v) is 7.27. The van der Waals surface area contributed by atoms with Gasteiger partial charge in [0.15, 0.2) is 0 Å². The smallest absolute Gasteiger partial charge is 0.423 e. The lowest BCUT2D eigenvalue weighted by atomic mass is 9.80. The van der Waals surface area contributed by atoms with Crippen molar-refractivity contribution in [3.8, 4) is 0 Å². The predicted molar refractivity (Wildman–Crippen MR) is 47.3 cm³/mol. The van der Waals surface area contributed by atoms with Gasteiger partial charge in [0, 0.05) is 0 Å². The topological polar surface area (TPSA) is 87.0 Å². The van der Waals surface area contributed by atoms with Gasteiger partial charge in [-0.3, -0.25) is 0 Å². The van der Waals surface area contributed by atoms with E-state index >= 15 is 0 Å². The van der Waals surface area contributed by atoms with Crippen molar-refractivity contribution in [2.75, 3.05) is 0 Å². The third-order valence-electron chi connectivity index (χ3n) is 1.35. The molecule has 2 N–H and O–H groups in total.